The quantitative estimate of drug-likeness (QED) is 0.573. The van der Waals surface area contributed by atoms with Crippen molar-refractivity contribution in [3.8, 4) is 5.75 Å². The van der Waals surface area contributed by atoms with Gasteiger partial charge < -0.3 is 10.2 Å². The first-order valence-electron chi connectivity index (χ1n) is 6.67. The van der Waals surface area contributed by atoms with Crippen LogP contribution in [0.4, 0.5) is 13.2 Å². The highest BCUT2D eigenvalue weighted by Gasteiger charge is 2.38. The molecule has 1 aromatic rings. The molecule has 9 heteroatoms. The van der Waals surface area contributed by atoms with E-state index in [1.54, 1.807) is 17.1 Å². The highest BCUT2D eigenvalue weighted by Crippen LogP contribution is 2.22. The second-order valence-electron chi connectivity index (χ2n) is 4.54. The summed E-state index contributed by atoms with van der Waals surface area (Å²) in [6.07, 6.45) is -3.63. The molecule has 0 aromatic heterocycles. The molecule has 0 saturated carbocycles. The fraction of sp³-hybridized carbons (Fsp3) is 0.357. The van der Waals surface area contributed by atoms with Crippen LogP contribution in [0.3, 0.4) is 0 Å². The van der Waals surface area contributed by atoms with Crippen LogP contribution >= 0.6 is 0 Å². The van der Waals surface area contributed by atoms with Gasteiger partial charge in [0.1, 0.15) is 11.6 Å². The lowest BCUT2D eigenvalue weighted by molar-refractivity contribution is -0.192. The molecular formula is C14H16F3N3O3. The Bertz CT molecular complexity index is 615. The van der Waals surface area contributed by atoms with E-state index in [0.717, 1.165) is 24.2 Å². The number of hydrazone groups is 1. The standard InChI is InChI=1S/C12H15N3O.C2HF3O2/c1-2-12(13)15-8-7-10(14-15)9-5-3-4-6-11(9)16;3-2(4,5)1(6)7/h3-6,13,16H,2,7-8H2,1H3;(H,6,7). The number of amidine groups is 1. The van der Waals surface area contributed by atoms with Crippen molar-refractivity contribution in [1.29, 1.82) is 5.41 Å². The molecule has 0 spiro atoms. The number of benzene rings is 1. The lowest BCUT2D eigenvalue weighted by atomic mass is 10.1. The summed E-state index contributed by atoms with van der Waals surface area (Å²) in [6.45, 7) is 2.67. The molecule has 0 atom stereocenters. The predicted octanol–water partition coefficient (Wildman–Crippen LogP) is 2.82. The first-order chi connectivity index (χ1) is 10.7. The van der Waals surface area contributed by atoms with Crippen molar-refractivity contribution in [1.82, 2.24) is 5.01 Å². The van der Waals surface area contributed by atoms with Crippen LogP contribution in [0.2, 0.25) is 0 Å². The van der Waals surface area contributed by atoms with Gasteiger partial charge in [-0.3, -0.25) is 10.4 Å². The number of aliphatic carboxylic acids is 1. The topological polar surface area (TPSA) is 97.0 Å². The summed E-state index contributed by atoms with van der Waals surface area (Å²) in [5.41, 5.74) is 1.63. The molecule has 1 heterocycles. The molecule has 0 amide bonds. The van der Waals surface area contributed by atoms with Gasteiger partial charge in [-0.15, -0.1) is 0 Å². The molecule has 1 aliphatic heterocycles. The average Bonchev–Trinajstić information content (AvgIpc) is 2.96. The number of hydrogen-bond acceptors (Lipinski definition) is 4. The first kappa shape index (κ1) is 18.5. The fourth-order valence-electron chi connectivity index (χ4n) is 1.74. The van der Waals surface area contributed by atoms with Gasteiger partial charge in [0.25, 0.3) is 0 Å². The molecule has 0 saturated heterocycles. The fourth-order valence-corrected chi connectivity index (χ4v) is 1.74. The van der Waals surface area contributed by atoms with Crippen molar-refractivity contribution in [2.45, 2.75) is 25.9 Å². The van der Waals surface area contributed by atoms with Crippen molar-refractivity contribution in [3.05, 3.63) is 29.8 Å². The number of carboxylic acid groups (broad SMARTS) is 1. The van der Waals surface area contributed by atoms with Crippen molar-refractivity contribution >= 4 is 17.5 Å². The monoisotopic (exact) mass is 331 g/mol. The predicted molar refractivity (Wildman–Crippen MR) is 77.7 cm³/mol. The highest BCUT2D eigenvalue weighted by molar-refractivity contribution is 6.04. The van der Waals surface area contributed by atoms with Crippen LogP contribution in [0.15, 0.2) is 29.4 Å². The Labute approximate surface area is 130 Å². The molecule has 3 N–H and O–H groups in total. The molecule has 0 radical (unpaired) electrons. The molecule has 0 unspecified atom stereocenters. The van der Waals surface area contributed by atoms with E-state index in [-0.39, 0.29) is 5.75 Å². The van der Waals surface area contributed by atoms with Crippen LogP contribution in [0, 0.1) is 5.41 Å². The zero-order valence-corrected chi connectivity index (χ0v) is 12.3. The third-order valence-electron chi connectivity index (χ3n) is 2.91. The molecule has 2 rings (SSSR count). The summed E-state index contributed by atoms with van der Waals surface area (Å²) in [5, 5.41) is 30.6. The maximum Gasteiger partial charge on any atom is 0.490 e. The number of hydrogen-bond donors (Lipinski definition) is 3. The number of rotatable bonds is 2. The highest BCUT2D eigenvalue weighted by atomic mass is 19.4. The van der Waals surface area contributed by atoms with Crippen LogP contribution in [0.5, 0.6) is 5.75 Å². The number of phenols is 1. The van der Waals surface area contributed by atoms with Crippen molar-refractivity contribution < 1.29 is 28.2 Å². The summed E-state index contributed by atoms with van der Waals surface area (Å²) in [7, 11) is 0. The van der Waals surface area contributed by atoms with E-state index in [0.29, 0.717) is 12.3 Å². The van der Waals surface area contributed by atoms with Gasteiger partial charge in [0.05, 0.1) is 5.71 Å². The van der Waals surface area contributed by atoms with Crippen molar-refractivity contribution in [3.63, 3.8) is 0 Å². The van der Waals surface area contributed by atoms with Gasteiger partial charge in [-0.25, -0.2) is 4.79 Å². The van der Waals surface area contributed by atoms with E-state index < -0.39 is 12.1 Å². The number of carboxylic acids is 1. The van der Waals surface area contributed by atoms with Crippen molar-refractivity contribution in [2.75, 3.05) is 6.54 Å². The van der Waals surface area contributed by atoms with E-state index >= 15 is 0 Å². The molecule has 1 aliphatic rings. The molecule has 126 valence electrons. The number of aromatic hydroxyl groups is 1. The molecule has 1 aromatic carbocycles. The van der Waals surface area contributed by atoms with Crippen molar-refractivity contribution in [2.24, 2.45) is 5.10 Å². The van der Waals surface area contributed by atoms with Gasteiger partial charge in [-0.05, 0) is 12.1 Å². The minimum absolute atomic E-state index is 0.256. The summed E-state index contributed by atoms with van der Waals surface area (Å²) in [4.78, 5) is 8.90. The van der Waals surface area contributed by atoms with Crippen LogP contribution in [0.25, 0.3) is 0 Å². The van der Waals surface area contributed by atoms with Crippen LogP contribution in [0.1, 0.15) is 25.3 Å². The second-order valence-corrected chi connectivity index (χ2v) is 4.54. The maximum absolute atomic E-state index is 10.6. The van der Waals surface area contributed by atoms with Gasteiger partial charge in [0, 0.05) is 24.9 Å². The molecule has 0 bridgehead atoms. The molecule has 0 aliphatic carbocycles. The van der Waals surface area contributed by atoms with Gasteiger partial charge in [0.15, 0.2) is 0 Å². The number of alkyl halides is 3. The molecule has 0 fully saturated rings. The van der Waals surface area contributed by atoms with Crippen LogP contribution < -0.4 is 0 Å². The number of halogens is 3. The van der Waals surface area contributed by atoms with E-state index in [1.165, 1.54) is 0 Å². The Balaban J connectivity index is 0.000000322. The molecular weight excluding hydrogens is 315 g/mol. The largest absolute Gasteiger partial charge is 0.507 e. The molecule has 6 nitrogen and oxygen atoms in total. The number of phenolic OH excluding ortho intramolecular Hbond substituents is 1. The van der Waals surface area contributed by atoms with Gasteiger partial charge >= 0.3 is 12.1 Å². The summed E-state index contributed by atoms with van der Waals surface area (Å²) in [6, 6.07) is 7.18. The maximum atomic E-state index is 10.6. The van der Waals surface area contributed by atoms with Gasteiger partial charge in [-0.2, -0.15) is 18.3 Å². The lowest BCUT2D eigenvalue weighted by Gasteiger charge is -2.11. The Morgan fingerprint density at radius 1 is 1.39 bits per heavy atom. The smallest absolute Gasteiger partial charge is 0.490 e. The van der Waals surface area contributed by atoms with Gasteiger partial charge in [-0.1, -0.05) is 19.1 Å². The zero-order chi connectivity index (χ0) is 17.6. The molecule has 23 heavy (non-hydrogen) atoms. The lowest BCUT2D eigenvalue weighted by Crippen LogP contribution is -2.21. The third kappa shape index (κ3) is 5.28. The summed E-state index contributed by atoms with van der Waals surface area (Å²) in [5.74, 6) is -1.98. The third-order valence-corrected chi connectivity index (χ3v) is 2.91. The second kappa shape index (κ2) is 7.61. The summed E-state index contributed by atoms with van der Waals surface area (Å²) >= 11 is 0. The average molecular weight is 331 g/mol. The van der Waals surface area contributed by atoms with Crippen LogP contribution in [-0.2, 0) is 4.79 Å². The zero-order valence-electron chi connectivity index (χ0n) is 12.3. The Kier molecular flexibility index (Phi) is 6.11. The number of nitrogens with one attached hydrogen (secondary N) is 1. The number of nitrogens with zero attached hydrogens (tertiary/aromatic N) is 2. The minimum Gasteiger partial charge on any atom is -0.507 e. The van der Waals surface area contributed by atoms with E-state index in [9.17, 15) is 18.3 Å². The van der Waals surface area contributed by atoms with Crippen LogP contribution in [-0.4, -0.2) is 45.5 Å². The number of para-hydroxylation sites is 1. The normalized spacial score (nSPS) is 13.9. The van der Waals surface area contributed by atoms with E-state index in [2.05, 4.69) is 5.10 Å². The minimum atomic E-state index is -5.08. The summed E-state index contributed by atoms with van der Waals surface area (Å²) < 4.78 is 31.7. The van der Waals surface area contributed by atoms with E-state index in [4.69, 9.17) is 15.3 Å². The first-order valence-corrected chi connectivity index (χ1v) is 6.67. The Hall–Kier alpha value is -2.58. The SMILES string of the molecule is CCC(=N)N1CCC(c2ccccc2O)=N1.O=C(O)C(F)(F)F. The Morgan fingerprint density at radius 3 is 2.43 bits per heavy atom. The van der Waals surface area contributed by atoms with Gasteiger partial charge in [0.2, 0.25) is 0 Å². The Morgan fingerprint density at radius 2 is 1.96 bits per heavy atom. The van der Waals surface area contributed by atoms with E-state index in [1.807, 2.05) is 19.1 Å². The number of carbonyl (C=O) groups is 1.